The number of para-hydroxylation sites is 1. The Hall–Kier alpha value is -1.97. The lowest BCUT2D eigenvalue weighted by Crippen LogP contribution is -2.39. The predicted octanol–water partition coefficient (Wildman–Crippen LogP) is 1.94. The van der Waals surface area contributed by atoms with Crippen LogP contribution >= 0.6 is 0 Å². The molecule has 0 spiro atoms. The van der Waals surface area contributed by atoms with E-state index in [0.717, 1.165) is 12.8 Å². The van der Waals surface area contributed by atoms with E-state index in [-0.39, 0.29) is 31.9 Å². The third-order valence-corrected chi connectivity index (χ3v) is 5.42. The van der Waals surface area contributed by atoms with Crippen LogP contribution in [0.25, 0.3) is 0 Å². The maximum absolute atomic E-state index is 12.1. The highest BCUT2D eigenvalue weighted by atomic mass is 32.2. The fraction of sp³-hybridized carbons (Fsp3) is 0.529. The number of benzene rings is 1. The molecule has 1 aliphatic rings. The van der Waals surface area contributed by atoms with E-state index in [1.165, 1.54) is 10.6 Å². The summed E-state index contributed by atoms with van der Waals surface area (Å²) in [6.45, 7) is 2.56. The summed E-state index contributed by atoms with van der Waals surface area (Å²) in [5.74, 6) is 1.72. The number of aryl methyl sites for hydroxylation is 1. The first-order valence-corrected chi connectivity index (χ1v) is 10.4. The van der Waals surface area contributed by atoms with Crippen LogP contribution in [0.15, 0.2) is 34.9 Å². The maximum Gasteiger partial charge on any atom is 0.255 e. The second-order valence-electron chi connectivity index (χ2n) is 6.29. The fourth-order valence-corrected chi connectivity index (χ4v) is 3.71. The minimum atomic E-state index is -3.36. The molecule has 0 aliphatic carbocycles. The fourth-order valence-electron chi connectivity index (χ4n) is 2.87. The van der Waals surface area contributed by atoms with Crippen molar-refractivity contribution in [2.75, 3.05) is 26.0 Å². The molecule has 0 saturated carbocycles. The molecule has 1 saturated heterocycles. The monoisotopic (exact) mass is 381 g/mol. The molecule has 2 atom stereocenters. The van der Waals surface area contributed by atoms with Gasteiger partial charge in [0.2, 0.25) is 10.0 Å². The molecule has 2 heterocycles. The number of rotatable bonds is 8. The quantitative estimate of drug-likeness (QED) is 0.689. The van der Waals surface area contributed by atoms with Crippen LogP contribution in [0.5, 0.6) is 5.75 Å². The van der Waals surface area contributed by atoms with E-state index in [9.17, 15) is 8.42 Å². The molecule has 3 rings (SSSR count). The van der Waals surface area contributed by atoms with Crippen LogP contribution in [0.2, 0.25) is 0 Å². The van der Waals surface area contributed by atoms with Gasteiger partial charge in [0, 0.05) is 13.1 Å². The van der Waals surface area contributed by atoms with Crippen molar-refractivity contribution in [3.8, 4) is 5.75 Å². The topological polar surface area (TPSA) is 94.8 Å². The van der Waals surface area contributed by atoms with Crippen LogP contribution in [0, 0.1) is 6.92 Å². The standard InChI is InChI=1S/C17H23N3O5S/c1-13-18-17(25-19-13)16-9-8-15(24-16)12-20(26(2,21)22)10-11-23-14-6-4-3-5-7-14/h3-7,15-16H,8-12H2,1-2H3/t15-,16+/m1/s1. The van der Waals surface area contributed by atoms with Gasteiger partial charge < -0.3 is 14.0 Å². The zero-order chi connectivity index (χ0) is 18.6. The highest BCUT2D eigenvalue weighted by Gasteiger charge is 2.33. The van der Waals surface area contributed by atoms with Gasteiger partial charge in [0.15, 0.2) is 5.82 Å². The Balaban J connectivity index is 1.54. The second kappa shape index (κ2) is 8.15. The van der Waals surface area contributed by atoms with Gasteiger partial charge in [-0.3, -0.25) is 0 Å². The lowest BCUT2D eigenvalue weighted by molar-refractivity contribution is 0.0170. The number of aromatic nitrogens is 2. The Labute approximate surface area is 153 Å². The van der Waals surface area contributed by atoms with Crippen molar-refractivity contribution in [1.29, 1.82) is 0 Å². The van der Waals surface area contributed by atoms with Crippen molar-refractivity contribution in [2.24, 2.45) is 0 Å². The second-order valence-corrected chi connectivity index (χ2v) is 8.27. The van der Waals surface area contributed by atoms with E-state index in [2.05, 4.69) is 10.1 Å². The molecule has 1 aromatic heterocycles. The van der Waals surface area contributed by atoms with Crippen molar-refractivity contribution in [1.82, 2.24) is 14.4 Å². The Morgan fingerprint density at radius 3 is 2.69 bits per heavy atom. The van der Waals surface area contributed by atoms with Crippen LogP contribution in [0.4, 0.5) is 0 Å². The van der Waals surface area contributed by atoms with Crippen molar-refractivity contribution in [3.05, 3.63) is 42.0 Å². The van der Waals surface area contributed by atoms with Gasteiger partial charge in [-0.2, -0.15) is 9.29 Å². The van der Waals surface area contributed by atoms with E-state index < -0.39 is 10.0 Å². The Bertz CT molecular complexity index is 809. The van der Waals surface area contributed by atoms with Crippen molar-refractivity contribution in [2.45, 2.75) is 32.0 Å². The molecule has 8 nitrogen and oxygen atoms in total. The molecule has 26 heavy (non-hydrogen) atoms. The first kappa shape index (κ1) is 18.8. The highest BCUT2D eigenvalue weighted by Crippen LogP contribution is 2.32. The minimum absolute atomic E-state index is 0.210. The molecule has 0 radical (unpaired) electrons. The molecule has 2 aromatic rings. The van der Waals surface area contributed by atoms with Crippen LogP contribution in [-0.4, -0.2) is 54.9 Å². The first-order valence-electron chi connectivity index (χ1n) is 8.50. The smallest absolute Gasteiger partial charge is 0.255 e. The van der Waals surface area contributed by atoms with Gasteiger partial charge >= 0.3 is 0 Å². The molecular formula is C17H23N3O5S. The predicted molar refractivity (Wildman–Crippen MR) is 94.2 cm³/mol. The molecule has 9 heteroatoms. The number of sulfonamides is 1. The van der Waals surface area contributed by atoms with Gasteiger partial charge in [0.1, 0.15) is 18.5 Å². The van der Waals surface area contributed by atoms with Crippen LogP contribution in [0.1, 0.15) is 30.7 Å². The lowest BCUT2D eigenvalue weighted by atomic mass is 10.2. The zero-order valence-electron chi connectivity index (χ0n) is 14.9. The third kappa shape index (κ3) is 5.03. The summed E-state index contributed by atoms with van der Waals surface area (Å²) in [5, 5.41) is 3.77. The van der Waals surface area contributed by atoms with Gasteiger partial charge in [0.05, 0.1) is 12.4 Å². The van der Waals surface area contributed by atoms with Crippen molar-refractivity contribution >= 4 is 10.0 Å². The average Bonchev–Trinajstić information content (AvgIpc) is 3.23. The summed E-state index contributed by atoms with van der Waals surface area (Å²) in [4.78, 5) is 4.18. The zero-order valence-corrected chi connectivity index (χ0v) is 15.7. The van der Waals surface area contributed by atoms with Gasteiger partial charge in [-0.1, -0.05) is 23.4 Å². The normalized spacial score (nSPS) is 20.6. The molecule has 0 unspecified atom stereocenters. The van der Waals surface area contributed by atoms with Gasteiger partial charge in [-0.25, -0.2) is 8.42 Å². The summed E-state index contributed by atoms with van der Waals surface area (Å²) >= 11 is 0. The van der Waals surface area contributed by atoms with E-state index in [0.29, 0.717) is 17.5 Å². The maximum atomic E-state index is 12.1. The molecule has 0 bridgehead atoms. The SMILES string of the molecule is Cc1noc([C@@H]2CC[C@H](CN(CCOc3ccccc3)S(C)(=O)=O)O2)n1. The number of hydrogen-bond acceptors (Lipinski definition) is 7. The molecular weight excluding hydrogens is 358 g/mol. The molecule has 1 aliphatic heterocycles. The van der Waals surface area contributed by atoms with Gasteiger partial charge in [-0.05, 0) is 31.9 Å². The molecule has 0 N–H and O–H groups in total. The van der Waals surface area contributed by atoms with Gasteiger partial charge in [0.25, 0.3) is 5.89 Å². The summed E-state index contributed by atoms with van der Waals surface area (Å²) < 4.78 is 42.2. The van der Waals surface area contributed by atoms with Crippen molar-refractivity contribution < 1.29 is 22.4 Å². The Morgan fingerprint density at radius 1 is 1.27 bits per heavy atom. The number of hydrogen-bond donors (Lipinski definition) is 0. The largest absolute Gasteiger partial charge is 0.492 e. The molecule has 142 valence electrons. The molecule has 1 aromatic carbocycles. The van der Waals surface area contributed by atoms with E-state index in [4.69, 9.17) is 14.0 Å². The first-order chi connectivity index (χ1) is 12.4. The third-order valence-electron chi connectivity index (χ3n) is 4.16. The number of nitrogens with zero attached hydrogens (tertiary/aromatic N) is 3. The molecule has 0 amide bonds. The summed E-state index contributed by atoms with van der Waals surface area (Å²) in [5.41, 5.74) is 0. The van der Waals surface area contributed by atoms with Crippen molar-refractivity contribution in [3.63, 3.8) is 0 Å². The molecule has 1 fully saturated rings. The van der Waals surface area contributed by atoms with Crippen LogP contribution in [0.3, 0.4) is 0 Å². The summed E-state index contributed by atoms with van der Waals surface area (Å²) in [6.07, 6.45) is 2.17. The van der Waals surface area contributed by atoms with E-state index >= 15 is 0 Å². The minimum Gasteiger partial charge on any atom is -0.492 e. The number of ether oxygens (including phenoxy) is 2. The van der Waals surface area contributed by atoms with Crippen LogP contribution in [-0.2, 0) is 14.8 Å². The Kier molecular flexibility index (Phi) is 5.90. The average molecular weight is 381 g/mol. The van der Waals surface area contributed by atoms with E-state index in [1.807, 2.05) is 30.3 Å². The van der Waals surface area contributed by atoms with Crippen LogP contribution < -0.4 is 4.74 Å². The van der Waals surface area contributed by atoms with E-state index in [1.54, 1.807) is 6.92 Å². The lowest BCUT2D eigenvalue weighted by Gasteiger charge is -2.23. The summed E-state index contributed by atoms with van der Waals surface area (Å²) in [6, 6.07) is 9.31. The summed E-state index contributed by atoms with van der Waals surface area (Å²) in [7, 11) is -3.36. The Morgan fingerprint density at radius 2 is 2.04 bits per heavy atom. The van der Waals surface area contributed by atoms with Gasteiger partial charge in [-0.15, -0.1) is 0 Å². The highest BCUT2D eigenvalue weighted by molar-refractivity contribution is 7.88.